The molecule has 1 heterocycles. The second-order valence-corrected chi connectivity index (χ2v) is 4.39. The summed E-state index contributed by atoms with van der Waals surface area (Å²) in [7, 11) is 1.36. The Hall–Kier alpha value is -2.03. The van der Waals surface area contributed by atoms with E-state index in [9.17, 15) is 4.79 Å². The van der Waals surface area contributed by atoms with Gasteiger partial charge in [-0.25, -0.2) is 4.79 Å². The predicted molar refractivity (Wildman–Crippen MR) is 71.4 cm³/mol. The molecule has 3 heteroatoms. The molecule has 0 saturated carbocycles. The number of esters is 1. The standard InChI is InChI=1S/C15H16O3/c1-10(2)15-11-6-4-5-7-12(11)18-13(15)8-9-14(16)17-3/h4-10H,1-3H3/b9-8+. The summed E-state index contributed by atoms with van der Waals surface area (Å²) in [6.45, 7) is 4.21. The van der Waals surface area contributed by atoms with E-state index in [2.05, 4.69) is 18.6 Å². The van der Waals surface area contributed by atoms with E-state index in [-0.39, 0.29) is 5.97 Å². The Kier molecular flexibility index (Phi) is 3.51. The second-order valence-electron chi connectivity index (χ2n) is 4.39. The molecule has 18 heavy (non-hydrogen) atoms. The average molecular weight is 244 g/mol. The molecule has 2 aromatic rings. The third-order valence-electron chi connectivity index (χ3n) is 2.81. The number of benzene rings is 1. The lowest BCUT2D eigenvalue weighted by Crippen LogP contribution is -1.94. The third kappa shape index (κ3) is 2.30. The van der Waals surface area contributed by atoms with Crippen molar-refractivity contribution in [3.8, 4) is 0 Å². The van der Waals surface area contributed by atoms with Gasteiger partial charge in [-0.05, 0) is 18.1 Å². The van der Waals surface area contributed by atoms with Crippen LogP contribution in [0.25, 0.3) is 17.0 Å². The number of methoxy groups -OCH3 is 1. The number of carbonyl (C=O) groups is 1. The fourth-order valence-corrected chi connectivity index (χ4v) is 2.02. The van der Waals surface area contributed by atoms with Gasteiger partial charge in [-0.3, -0.25) is 0 Å². The number of hydrogen-bond acceptors (Lipinski definition) is 3. The van der Waals surface area contributed by atoms with Crippen molar-refractivity contribution < 1.29 is 13.9 Å². The van der Waals surface area contributed by atoms with Crippen LogP contribution in [0.15, 0.2) is 34.8 Å². The van der Waals surface area contributed by atoms with Crippen LogP contribution in [0.1, 0.15) is 31.1 Å². The van der Waals surface area contributed by atoms with Crippen molar-refractivity contribution in [2.75, 3.05) is 7.11 Å². The lowest BCUT2D eigenvalue weighted by Gasteiger charge is -2.03. The maximum atomic E-state index is 11.1. The third-order valence-corrected chi connectivity index (χ3v) is 2.81. The van der Waals surface area contributed by atoms with Gasteiger partial charge in [-0.15, -0.1) is 0 Å². The number of hydrogen-bond donors (Lipinski definition) is 0. The number of carbonyl (C=O) groups excluding carboxylic acids is 1. The molecule has 0 aliphatic heterocycles. The van der Waals surface area contributed by atoms with E-state index in [0.29, 0.717) is 5.92 Å². The molecule has 94 valence electrons. The molecule has 0 N–H and O–H groups in total. The van der Waals surface area contributed by atoms with Crippen LogP contribution in [-0.4, -0.2) is 13.1 Å². The highest BCUT2D eigenvalue weighted by atomic mass is 16.5. The van der Waals surface area contributed by atoms with Crippen molar-refractivity contribution in [3.63, 3.8) is 0 Å². The van der Waals surface area contributed by atoms with Crippen LogP contribution in [0.3, 0.4) is 0 Å². The van der Waals surface area contributed by atoms with E-state index < -0.39 is 0 Å². The Morgan fingerprint density at radius 3 is 2.72 bits per heavy atom. The Morgan fingerprint density at radius 2 is 2.06 bits per heavy atom. The molecule has 0 radical (unpaired) electrons. The quantitative estimate of drug-likeness (QED) is 0.610. The minimum absolute atomic E-state index is 0.325. The normalized spacial score (nSPS) is 11.6. The molecular formula is C15H16O3. The van der Waals surface area contributed by atoms with E-state index >= 15 is 0 Å². The molecule has 0 unspecified atom stereocenters. The smallest absolute Gasteiger partial charge is 0.330 e. The van der Waals surface area contributed by atoms with E-state index in [1.807, 2.05) is 24.3 Å². The number of fused-ring (bicyclic) bond motifs is 1. The fourth-order valence-electron chi connectivity index (χ4n) is 2.02. The molecule has 0 saturated heterocycles. The van der Waals surface area contributed by atoms with Gasteiger partial charge < -0.3 is 9.15 Å². The van der Waals surface area contributed by atoms with Gasteiger partial charge in [0.1, 0.15) is 11.3 Å². The number of para-hydroxylation sites is 1. The molecular weight excluding hydrogens is 228 g/mol. The Morgan fingerprint density at radius 1 is 1.33 bits per heavy atom. The molecule has 3 nitrogen and oxygen atoms in total. The van der Waals surface area contributed by atoms with Crippen LogP contribution in [0.2, 0.25) is 0 Å². The zero-order valence-electron chi connectivity index (χ0n) is 10.8. The topological polar surface area (TPSA) is 39.4 Å². The summed E-state index contributed by atoms with van der Waals surface area (Å²) in [5, 5.41) is 1.09. The van der Waals surface area contributed by atoms with Gasteiger partial charge in [0.15, 0.2) is 0 Å². The predicted octanol–water partition coefficient (Wildman–Crippen LogP) is 3.74. The molecule has 0 spiro atoms. The molecule has 1 aromatic heterocycles. The zero-order chi connectivity index (χ0) is 13.1. The molecule has 0 fully saturated rings. The van der Waals surface area contributed by atoms with Crippen molar-refractivity contribution in [1.82, 2.24) is 0 Å². The van der Waals surface area contributed by atoms with Crippen molar-refractivity contribution in [3.05, 3.63) is 41.7 Å². The molecule has 2 rings (SSSR count). The van der Waals surface area contributed by atoms with E-state index in [1.165, 1.54) is 13.2 Å². The summed E-state index contributed by atoms with van der Waals surface area (Å²) in [6, 6.07) is 7.88. The summed E-state index contributed by atoms with van der Waals surface area (Å²) in [6.07, 6.45) is 3.05. The van der Waals surface area contributed by atoms with E-state index in [0.717, 1.165) is 22.3 Å². The summed E-state index contributed by atoms with van der Waals surface area (Å²) in [4.78, 5) is 11.1. The first-order chi connectivity index (χ1) is 8.63. The fraction of sp³-hybridized carbons (Fsp3) is 0.267. The lowest BCUT2D eigenvalue weighted by molar-refractivity contribution is -0.134. The SMILES string of the molecule is COC(=O)/C=C/c1oc2ccccc2c1C(C)C. The van der Waals surface area contributed by atoms with Gasteiger partial charge in [0.05, 0.1) is 7.11 Å². The summed E-state index contributed by atoms with van der Waals surface area (Å²) in [5.74, 6) is 0.660. The highest BCUT2D eigenvalue weighted by Crippen LogP contribution is 2.32. The monoisotopic (exact) mass is 244 g/mol. The van der Waals surface area contributed by atoms with Crippen molar-refractivity contribution in [2.45, 2.75) is 19.8 Å². The van der Waals surface area contributed by atoms with Crippen LogP contribution >= 0.6 is 0 Å². The largest absolute Gasteiger partial charge is 0.466 e. The highest BCUT2D eigenvalue weighted by Gasteiger charge is 2.14. The zero-order valence-corrected chi connectivity index (χ0v) is 10.8. The first-order valence-corrected chi connectivity index (χ1v) is 5.91. The maximum Gasteiger partial charge on any atom is 0.330 e. The van der Waals surface area contributed by atoms with Crippen molar-refractivity contribution in [2.24, 2.45) is 0 Å². The summed E-state index contributed by atoms with van der Waals surface area (Å²) in [5.41, 5.74) is 1.96. The van der Waals surface area contributed by atoms with Crippen LogP contribution in [0, 0.1) is 0 Å². The van der Waals surface area contributed by atoms with Gasteiger partial charge in [0, 0.05) is 17.0 Å². The number of furan rings is 1. The molecule has 0 aliphatic carbocycles. The molecule has 0 atom stereocenters. The molecule has 1 aromatic carbocycles. The average Bonchev–Trinajstić information content (AvgIpc) is 2.74. The van der Waals surface area contributed by atoms with E-state index in [1.54, 1.807) is 6.08 Å². The molecule has 0 bridgehead atoms. The van der Waals surface area contributed by atoms with Crippen LogP contribution in [-0.2, 0) is 9.53 Å². The van der Waals surface area contributed by atoms with Crippen molar-refractivity contribution >= 4 is 23.0 Å². The van der Waals surface area contributed by atoms with Gasteiger partial charge in [0.25, 0.3) is 0 Å². The number of rotatable bonds is 3. The van der Waals surface area contributed by atoms with Crippen LogP contribution < -0.4 is 0 Å². The first-order valence-electron chi connectivity index (χ1n) is 5.91. The van der Waals surface area contributed by atoms with Crippen molar-refractivity contribution in [1.29, 1.82) is 0 Å². The van der Waals surface area contributed by atoms with E-state index in [4.69, 9.17) is 4.42 Å². The second kappa shape index (κ2) is 5.08. The molecule has 0 amide bonds. The van der Waals surface area contributed by atoms with Gasteiger partial charge in [0.2, 0.25) is 0 Å². The maximum absolute atomic E-state index is 11.1. The Bertz CT molecular complexity index is 591. The first kappa shape index (κ1) is 12.4. The van der Waals surface area contributed by atoms with Gasteiger partial charge in [-0.2, -0.15) is 0 Å². The lowest BCUT2D eigenvalue weighted by atomic mass is 9.99. The summed E-state index contributed by atoms with van der Waals surface area (Å²) < 4.78 is 10.3. The molecule has 0 aliphatic rings. The highest BCUT2D eigenvalue weighted by molar-refractivity contribution is 5.90. The van der Waals surface area contributed by atoms with Crippen LogP contribution in [0.4, 0.5) is 0 Å². The van der Waals surface area contributed by atoms with Gasteiger partial charge in [-0.1, -0.05) is 32.0 Å². The number of ether oxygens (including phenoxy) is 1. The minimum atomic E-state index is -0.384. The Labute approximate surface area is 106 Å². The van der Waals surface area contributed by atoms with Crippen LogP contribution in [0.5, 0.6) is 0 Å². The summed E-state index contributed by atoms with van der Waals surface area (Å²) >= 11 is 0. The van der Waals surface area contributed by atoms with Gasteiger partial charge >= 0.3 is 5.97 Å². The minimum Gasteiger partial charge on any atom is -0.466 e. The Balaban J connectivity index is 2.52.